The van der Waals surface area contributed by atoms with Crippen LogP contribution in [0.2, 0.25) is 0 Å². The minimum atomic E-state index is -0.238. The highest BCUT2D eigenvalue weighted by Crippen LogP contribution is 2.21. The van der Waals surface area contributed by atoms with Crippen LogP contribution in [-0.4, -0.2) is 26.3 Å². The molecule has 0 N–H and O–H groups in total. The highest BCUT2D eigenvalue weighted by molar-refractivity contribution is 8.93. The van der Waals surface area contributed by atoms with Crippen molar-refractivity contribution in [1.82, 2.24) is 14.9 Å². The zero-order valence-corrected chi connectivity index (χ0v) is 11.1. The number of fused-ring (bicyclic) bond motifs is 1. The molecule has 0 saturated heterocycles. The summed E-state index contributed by atoms with van der Waals surface area (Å²) in [7, 11) is 0. The summed E-state index contributed by atoms with van der Waals surface area (Å²) in [4.78, 5) is 0. The fraction of sp³-hybridized carbons (Fsp3) is 0.100. The van der Waals surface area contributed by atoms with Crippen LogP contribution < -0.4 is 0 Å². The molecule has 4 nitrogen and oxygen atoms in total. The zero-order chi connectivity index (χ0) is 11.0. The molecular formula is C10H8BrFN4S. The first-order valence-corrected chi connectivity index (χ1v) is 5.68. The molecule has 1 aliphatic heterocycles. The molecule has 17 heavy (non-hydrogen) atoms. The third-order valence-electron chi connectivity index (χ3n) is 2.24. The first-order valence-electron chi connectivity index (χ1n) is 4.69. The molecule has 0 atom stereocenters. The summed E-state index contributed by atoms with van der Waals surface area (Å²) in [5, 5.41) is 12.8. The Bertz CT molecular complexity index is 552. The lowest BCUT2D eigenvalue weighted by molar-refractivity contribution is 0.627. The van der Waals surface area contributed by atoms with Gasteiger partial charge in [-0.2, -0.15) is 9.78 Å². The maximum Gasteiger partial charge on any atom is 0.212 e. The van der Waals surface area contributed by atoms with Crippen LogP contribution in [0.3, 0.4) is 0 Å². The van der Waals surface area contributed by atoms with Crippen molar-refractivity contribution in [2.45, 2.75) is 5.16 Å². The van der Waals surface area contributed by atoms with Gasteiger partial charge < -0.3 is 0 Å². The van der Waals surface area contributed by atoms with Gasteiger partial charge in [0.25, 0.3) is 0 Å². The van der Waals surface area contributed by atoms with E-state index in [0.29, 0.717) is 0 Å². The molecule has 3 rings (SSSR count). The summed E-state index contributed by atoms with van der Waals surface area (Å²) < 4.78 is 14.4. The van der Waals surface area contributed by atoms with Crippen LogP contribution >= 0.6 is 28.7 Å². The maximum atomic E-state index is 12.8. The van der Waals surface area contributed by atoms with E-state index in [1.807, 2.05) is 0 Å². The van der Waals surface area contributed by atoms with Crippen molar-refractivity contribution in [3.05, 3.63) is 42.0 Å². The second-order valence-corrected chi connectivity index (χ2v) is 4.24. The van der Waals surface area contributed by atoms with Crippen molar-refractivity contribution in [3.8, 4) is 0 Å². The molecular weight excluding hydrogens is 307 g/mol. The molecule has 0 amide bonds. The molecule has 0 bridgehead atoms. The van der Waals surface area contributed by atoms with Crippen LogP contribution in [0.5, 0.6) is 0 Å². The number of hydrogen-bond donors (Lipinski definition) is 0. The van der Waals surface area contributed by atoms with Gasteiger partial charge in [-0.05, 0) is 17.7 Å². The van der Waals surface area contributed by atoms with Gasteiger partial charge >= 0.3 is 0 Å². The number of aromatic nitrogens is 3. The van der Waals surface area contributed by atoms with Gasteiger partial charge in [-0.15, -0.1) is 27.2 Å². The summed E-state index contributed by atoms with van der Waals surface area (Å²) in [5.74, 6) is 0.488. The monoisotopic (exact) mass is 314 g/mol. The van der Waals surface area contributed by atoms with E-state index in [2.05, 4.69) is 15.3 Å². The van der Waals surface area contributed by atoms with E-state index in [9.17, 15) is 4.39 Å². The minimum Gasteiger partial charge on any atom is -0.207 e. The average Bonchev–Trinajstić information content (AvgIpc) is 2.77. The van der Waals surface area contributed by atoms with Crippen LogP contribution in [0.4, 0.5) is 4.39 Å². The maximum absolute atomic E-state index is 12.8. The number of hydrogen-bond acceptors (Lipinski definition) is 4. The van der Waals surface area contributed by atoms with Gasteiger partial charge in [-0.25, -0.2) is 4.39 Å². The van der Waals surface area contributed by atoms with Crippen LogP contribution in [-0.2, 0) is 0 Å². The molecule has 0 saturated carbocycles. The number of thioether (sulfide) groups is 1. The Hall–Kier alpha value is -1.21. The minimum absolute atomic E-state index is 0. The second kappa shape index (κ2) is 4.97. The van der Waals surface area contributed by atoms with Crippen LogP contribution in [0.25, 0.3) is 0 Å². The molecule has 1 aromatic carbocycles. The molecule has 2 heterocycles. The highest BCUT2D eigenvalue weighted by Gasteiger charge is 2.15. The largest absolute Gasteiger partial charge is 0.212 e. The number of nitrogens with zero attached hydrogens (tertiary/aromatic N) is 4. The predicted molar refractivity (Wildman–Crippen MR) is 69.4 cm³/mol. The van der Waals surface area contributed by atoms with Crippen molar-refractivity contribution in [3.63, 3.8) is 0 Å². The van der Waals surface area contributed by atoms with Crippen molar-refractivity contribution in [2.24, 2.45) is 5.10 Å². The first-order chi connectivity index (χ1) is 7.83. The second-order valence-electron chi connectivity index (χ2n) is 3.30. The Labute approximate surface area is 112 Å². The molecule has 0 radical (unpaired) electrons. The third-order valence-corrected chi connectivity index (χ3v) is 3.19. The standard InChI is InChI=1S/C10H7FN4S.BrH/c11-8-3-1-7(2-4-8)9-5-16-10-13-12-6-15(10)14-9;/h1-4,6H,5H2;1H. The van der Waals surface area contributed by atoms with Crippen molar-refractivity contribution in [1.29, 1.82) is 0 Å². The molecule has 0 fully saturated rings. The van der Waals surface area contributed by atoms with E-state index in [0.717, 1.165) is 22.2 Å². The van der Waals surface area contributed by atoms with Gasteiger partial charge in [0, 0.05) is 5.75 Å². The summed E-state index contributed by atoms with van der Waals surface area (Å²) in [6, 6.07) is 6.32. The Morgan fingerprint density at radius 1 is 1.24 bits per heavy atom. The SMILES string of the molecule is Br.Fc1ccc(C2=Nn3cnnc3SC2)cc1. The Morgan fingerprint density at radius 3 is 2.76 bits per heavy atom. The van der Waals surface area contributed by atoms with E-state index in [1.54, 1.807) is 34.9 Å². The summed E-state index contributed by atoms with van der Waals surface area (Å²) in [5.41, 5.74) is 1.82. The van der Waals surface area contributed by atoms with E-state index in [4.69, 9.17) is 0 Å². The van der Waals surface area contributed by atoms with E-state index in [1.165, 1.54) is 12.1 Å². The topological polar surface area (TPSA) is 43.1 Å². The Morgan fingerprint density at radius 2 is 2.00 bits per heavy atom. The van der Waals surface area contributed by atoms with Crippen LogP contribution in [0, 0.1) is 5.82 Å². The van der Waals surface area contributed by atoms with Gasteiger partial charge in [0.2, 0.25) is 5.16 Å². The van der Waals surface area contributed by atoms with Crippen LogP contribution in [0.1, 0.15) is 5.56 Å². The fourth-order valence-corrected chi connectivity index (χ4v) is 2.27. The number of rotatable bonds is 1. The van der Waals surface area contributed by atoms with Crippen molar-refractivity contribution >= 4 is 34.5 Å². The van der Waals surface area contributed by atoms with Gasteiger partial charge in [0.1, 0.15) is 12.1 Å². The molecule has 0 unspecified atom stereocenters. The smallest absolute Gasteiger partial charge is 0.207 e. The van der Waals surface area contributed by atoms with Gasteiger partial charge in [-0.3, -0.25) is 0 Å². The third kappa shape index (κ3) is 2.39. The molecule has 88 valence electrons. The highest BCUT2D eigenvalue weighted by atomic mass is 79.9. The van der Waals surface area contributed by atoms with Crippen molar-refractivity contribution in [2.75, 3.05) is 5.75 Å². The fourth-order valence-electron chi connectivity index (χ4n) is 1.46. The van der Waals surface area contributed by atoms with Crippen molar-refractivity contribution < 1.29 is 4.39 Å². The quantitative estimate of drug-likeness (QED) is 0.811. The molecule has 0 aliphatic carbocycles. The lowest BCUT2D eigenvalue weighted by atomic mass is 10.1. The van der Waals surface area contributed by atoms with E-state index >= 15 is 0 Å². The van der Waals surface area contributed by atoms with Gasteiger partial charge in [0.15, 0.2) is 0 Å². The lowest BCUT2D eigenvalue weighted by Gasteiger charge is -2.11. The predicted octanol–water partition coefficient (Wildman–Crippen LogP) is 2.35. The normalized spacial score (nSPS) is 13.6. The average molecular weight is 315 g/mol. The molecule has 1 aliphatic rings. The number of benzene rings is 1. The van der Waals surface area contributed by atoms with E-state index < -0.39 is 0 Å². The number of halogens is 2. The zero-order valence-electron chi connectivity index (χ0n) is 8.58. The summed E-state index contributed by atoms with van der Waals surface area (Å²) in [6.45, 7) is 0. The van der Waals surface area contributed by atoms with Gasteiger partial charge in [0.05, 0.1) is 5.71 Å². The lowest BCUT2D eigenvalue weighted by Crippen LogP contribution is -2.12. The molecule has 0 spiro atoms. The van der Waals surface area contributed by atoms with Gasteiger partial charge in [-0.1, -0.05) is 23.9 Å². The Balaban J connectivity index is 0.00000108. The molecule has 7 heteroatoms. The summed E-state index contributed by atoms with van der Waals surface area (Å²) in [6.07, 6.45) is 1.56. The molecule has 1 aromatic heterocycles. The van der Waals surface area contributed by atoms with E-state index in [-0.39, 0.29) is 22.8 Å². The van der Waals surface area contributed by atoms with Crippen LogP contribution in [0.15, 0.2) is 40.9 Å². The molecule has 2 aromatic rings. The Kier molecular flexibility index (Phi) is 3.58. The first kappa shape index (κ1) is 12.3. The summed E-state index contributed by atoms with van der Waals surface area (Å²) >= 11 is 1.57.